The Morgan fingerprint density at radius 2 is 1.94 bits per heavy atom. The number of rotatable bonds is 7. The molecule has 0 amide bonds. The molecule has 0 bridgehead atoms. The number of sulfonamides is 1. The lowest BCUT2D eigenvalue weighted by Gasteiger charge is -2.30. The Bertz CT molecular complexity index is 301. The monoisotopic (exact) mass is 329 g/mol. The Morgan fingerprint density at radius 3 is 2.47 bits per heavy atom. The first-order valence-electron chi connectivity index (χ1n) is 5.83. The van der Waals surface area contributed by atoms with E-state index in [1.54, 1.807) is 0 Å². The van der Waals surface area contributed by atoms with Gasteiger partial charge in [-0.3, -0.25) is 0 Å². The quantitative estimate of drug-likeness (QED) is 0.520. The van der Waals surface area contributed by atoms with E-state index in [-0.39, 0.29) is 10.8 Å². The first kappa shape index (κ1) is 15.4. The van der Waals surface area contributed by atoms with Crippen LogP contribution in [0.25, 0.3) is 0 Å². The normalized spacial score (nSPS) is 19.6. The second kappa shape index (κ2) is 7.68. The number of halogens is 1. The minimum absolute atomic E-state index is 0.00410. The topological polar surface area (TPSA) is 55.8 Å². The van der Waals surface area contributed by atoms with Crippen LogP contribution in [0.4, 0.5) is 0 Å². The second-order valence-electron chi connectivity index (χ2n) is 3.89. The molecule has 0 atom stereocenters. The van der Waals surface area contributed by atoms with Crippen LogP contribution in [0.15, 0.2) is 0 Å². The average Bonchev–Trinajstić information content (AvgIpc) is 2.35. The van der Waals surface area contributed by atoms with Crippen molar-refractivity contribution in [3.8, 4) is 0 Å². The minimum atomic E-state index is -3.10. The van der Waals surface area contributed by atoms with Gasteiger partial charge >= 0.3 is 0 Å². The molecule has 0 aromatic carbocycles. The third-order valence-corrected chi connectivity index (χ3v) is 5.88. The zero-order valence-electron chi connectivity index (χ0n) is 10.1. The van der Waals surface area contributed by atoms with Gasteiger partial charge in [0.05, 0.1) is 19.3 Å². The van der Waals surface area contributed by atoms with Gasteiger partial charge in [0.15, 0.2) is 0 Å². The predicted molar refractivity (Wildman–Crippen MR) is 69.8 cm³/mol. The van der Waals surface area contributed by atoms with E-state index < -0.39 is 10.0 Å². The molecule has 1 saturated heterocycles. The third-order valence-electron chi connectivity index (χ3n) is 2.72. The van der Waals surface area contributed by atoms with Crippen molar-refractivity contribution >= 4 is 26.0 Å². The fourth-order valence-corrected chi connectivity index (χ4v) is 3.54. The van der Waals surface area contributed by atoms with Crippen molar-refractivity contribution in [1.29, 1.82) is 0 Å². The molecule has 1 rings (SSSR count). The molecule has 1 aliphatic heterocycles. The van der Waals surface area contributed by atoms with Crippen LogP contribution < -0.4 is 0 Å². The summed E-state index contributed by atoms with van der Waals surface area (Å²) in [5, 5.41) is 0. The minimum Gasteiger partial charge on any atom is -0.379 e. The SMILES string of the molecule is CCOCCOC1CCN(S(=O)(=O)CBr)CC1. The number of ether oxygens (including phenoxy) is 2. The van der Waals surface area contributed by atoms with Crippen LogP contribution in [0.1, 0.15) is 19.8 Å². The first-order valence-corrected chi connectivity index (χ1v) is 8.56. The van der Waals surface area contributed by atoms with Crippen molar-refractivity contribution in [3.63, 3.8) is 0 Å². The maximum atomic E-state index is 11.6. The van der Waals surface area contributed by atoms with Gasteiger partial charge in [-0.05, 0) is 19.8 Å². The van der Waals surface area contributed by atoms with Gasteiger partial charge in [-0.25, -0.2) is 12.7 Å². The summed E-state index contributed by atoms with van der Waals surface area (Å²) in [5.41, 5.74) is 0. The summed E-state index contributed by atoms with van der Waals surface area (Å²) >= 11 is 3.00. The van der Waals surface area contributed by atoms with Crippen LogP contribution in [0.2, 0.25) is 0 Å². The van der Waals surface area contributed by atoms with Gasteiger partial charge in [-0.1, -0.05) is 15.9 Å². The van der Waals surface area contributed by atoms with Crippen LogP contribution in [0.3, 0.4) is 0 Å². The molecular weight excluding hydrogens is 310 g/mol. The second-order valence-corrected chi connectivity index (χ2v) is 7.16. The molecule has 1 aliphatic rings. The van der Waals surface area contributed by atoms with Gasteiger partial charge in [0.25, 0.3) is 0 Å². The number of piperidine rings is 1. The van der Waals surface area contributed by atoms with E-state index in [0.717, 1.165) is 12.8 Å². The Hall–Kier alpha value is 0.310. The fraction of sp³-hybridized carbons (Fsp3) is 1.00. The highest BCUT2D eigenvalue weighted by atomic mass is 79.9. The van der Waals surface area contributed by atoms with Gasteiger partial charge in [-0.15, -0.1) is 0 Å². The maximum Gasteiger partial charge on any atom is 0.224 e. The van der Waals surface area contributed by atoms with Gasteiger partial charge in [0.1, 0.15) is 4.66 Å². The van der Waals surface area contributed by atoms with Crippen LogP contribution in [0.5, 0.6) is 0 Å². The van der Waals surface area contributed by atoms with E-state index >= 15 is 0 Å². The Labute approximate surface area is 112 Å². The molecule has 0 aromatic heterocycles. The highest BCUT2D eigenvalue weighted by molar-refractivity contribution is 9.10. The van der Waals surface area contributed by atoms with E-state index in [1.165, 1.54) is 4.31 Å². The Kier molecular flexibility index (Phi) is 6.94. The summed E-state index contributed by atoms with van der Waals surface area (Å²) in [5.74, 6) is 0. The Morgan fingerprint density at radius 1 is 1.29 bits per heavy atom. The lowest BCUT2D eigenvalue weighted by molar-refractivity contribution is -0.0121. The standard InChI is InChI=1S/C10H20BrNO4S/c1-2-15-7-8-16-10-3-5-12(6-4-10)17(13,14)9-11/h10H,2-9H2,1H3. The van der Waals surface area contributed by atoms with E-state index in [2.05, 4.69) is 15.9 Å². The summed E-state index contributed by atoms with van der Waals surface area (Å²) < 4.78 is 35.5. The molecule has 0 aliphatic carbocycles. The molecule has 0 radical (unpaired) electrons. The highest BCUT2D eigenvalue weighted by Gasteiger charge is 2.27. The average molecular weight is 330 g/mol. The first-order chi connectivity index (χ1) is 8.10. The number of hydrogen-bond donors (Lipinski definition) is 0. The zero-order valence-corrected chi connectivity index (χ0v) is 12.5. The van der Waals surface area contributed by atoms with Crippen molar-refractivity contribution in [2.24, 2.45) is 0 Å². The van der Waals surface area contributed by atoms with Crippen LogP contribution in [-0.4, -0.2) is 56.4 Å². The van der Waals surface area contributed by atoms with E-state index in [4.69, 9.17) is 9.47 Å². The lowest BCUT2D eigenvalue weighted by Crippen LogP contribution is -2.41. The molecular formula is C10H20BrNO4S. The van der Waals surface area contributed by atoms with Crippen molar-refractivity contribution in [2.45, 2.75) is 25.9 Å². The van der Waals surface area contributed by atoms with Crippen LogP contribution >= 0.6 is 15.9 Å². The molecule has 17 heavy (non-hydrogen) atoms. The largest absolute Gasteiger partial charge is 0.379 e. The molecule has 0 N–H and O–H groups in total. The summed E-state index contributed by atoms with van der Waals surface area (Å²) in [6.45, 7) is 4.94. The molecule has 1 fully saturated rings. The number of alkyl halides is 1. The lowest BCUT2D eigenvalue weighted by atomic mass is 10.1. The fourth-order valence-electron chi connectivity index (χ4n) is 1.76. The summed E-state index contributed by atoms with van der Waals surface area (Å²) in [6.07, 6.45) is 1.69. The van der Waals surface area contributed by atoms with E-state index in [9.17, 15) is 8.42 Å². The molecule has 7 heteroatoms. The van der Waals surface area contributed by atoms with E-state index in [0.29, 0.717) is 32.9 Å². The van der Waals surface area contributed by atoms with Crippen molar-refractivity contribution < 1.29 is 17.9 Å². The molecule has 1 heterocycles. The smallest absolute Gasteiger partial charge is 0.224 e. The third kappa shape index (κ3) is 5.21. The van der Waals surface area contributed by atoms with Crippen LogP contribution in [0, 0.1) is 0 Å². The molecule has 0 spiro atoms. The Balaban J connectivity index is 2.22. The predicted octanol–water partition coefficient (Wildman–Crippen LogP) is 1.19. The van der Waals surface area contributed by atoms with Gasteiger partial charge in [0, 0.05) is 19.7 Å². The van der Waals surface area contributed by atoms with Crippen molar-refractivity contribution in [1.82, 2.24) is 4.31 Å². The maximum absolute atomic E-state index is 11.6. The molecule has 0 unspecified atom stereocenters. The molecule has 5 nitrogen and oxygen atoms in total. The van der Waals surface area contributed by atoms with Crippen molar-refractivity contribution in [3.05, 3.63) is 0 Å². The summed E-state index contributed by atoms with van der Waals surface area (Å²) in [7, 11) is -3.10. The summed E-state index contributed by atoms with van der Waals surface area (Å²) in [4.78, 5) is 0. The number of nitrogens with zero attached hydrogens (tertiary/aromatic N) is 1. The van der Waals surface area contributed by atoms with Gasteiger partial charge < -0.3 is 9.47 Å². The van der Waals surface area contributed by atoms with Crippen LogP contribution in [-0.2, 0) is 19.5 Å². The van der Waals surface area contributed by atoms with Gasteiger partial charge in [-0.2, -0.15) is 0 Å². The number of hydrogen-bond acceptors (Lipinski definition) is 4. The molecule has 102 valence electrons. The highest BCUT2D eigenvalue weighted by Crippen LogP contribution is 2.17. The summed E-state index contributed by atoms with van der Waals surface area (Å²) in [6, 6.07) is 0. The van der Waals surface area contributed by atoms with Crippen molar-refractivity contribution in [2.75, 3.05) is 37.6 Å². The van der Waals surface area contributed by atoms with Gasteiger partial charge in [0.2, 0.25) is 10.0 Å². The molecule has 0 aromatic rings. The molecule has 0 saturated carbocycles. The zero-order chi connectivity index (χ0) is 12.7. The van der Waals surface area contributed by atoms with E-state index in [1.807, 2.05) is 6.92 Å².